The van der Waals surface area contributed by atoms with Gasteiger partial charge in [0.1, 0.15) is 6.07 Å². The third-order valence-corrected chi connectivity index (χ3v) is 4.97. The Morgan fingerprint density at radius 3 is 2.71 bits per heavy atom. The number of nitrogens with zero attached hydrogens (tertiary/aromatic N) is 2. The number of hydrogen-bond acceptors (Lipinski definition) is 6. The van der Waals surface area contributed by atoms with Crippen molar-refractivity contribution in [2.45, 2.75) is 26.0 Å². The van der Waals surface area contributed by atoms with Gasteiger partial charge in [0.15, 0.2) is 24.2 Å². The molecule has 7 heteroatoms. The van der Waals surface area contributed by atoms with Crippen molar-refractivity contribution < 1.29 is 23.8 Å². The predicted molar refractivity (Wildman–Crippen MR) is 114 cm³/mol. The maximum Gasteiger partial charge on any atom is 0.331 e. The molecular formula is C24H24N2O5. The molecule has 0 bridgehead atoms. The first-order valence-corrected chi connectivity index (χ1v) is 9.94. The number of methoxy groups -OCH3 is 1. The minimum atomic E-state index is -0.876. The van der Waals surface area contributed by atoms with E-state index < -0.39 is 12.1 Å². The summed E-state index contributed by atoms with van der Waals surface area (Å²) in [6.45, 7) is 2.62. The molecule has 0 fully saturated rings. The van der Waals surface area contributed by atoms with Gasteiger partial charge in [-0.05, 0) is 48.2 Å². The minimum absolute atomic E-state index is 0.0909. The number of esters is 1. The second kappa shape index (κ2) is 10.3. The number of benzene rings is 2. The Kier molecular flexibility index (Phi) is 7.28. The molecule has 31 heavy (non-hydrogen) atoms. The molecule has 1 atom stereocenters. The van der Waals surface area contributed by atoms with Crippen LogP contribution in [0.5, 0.6) is 11.5 Å². The van der Waals surface area contributed by atoms with E-state index in [1.807, 2.05) is 24.3 Å². The predicted octanol–water partition coefficient (Wildman–Crippen LogP) is 3.13. The molecule has 7 nitrogen and oxygen atoms in total. The lowest BCUT2D eigenvalue weighted by molar-refractivity contribution is -0.155. The average Bonchev–Trinajstić information content (AvgIpc) is 2.80. The number of rotatable bonds is 7. The van der Waals surface area contributed by atoms with E-state index in [1.54, 1.807) is 36.1 Å². The van der Waals surface area contributed by atoms with E-state index in [1.165, 1.54) is 18.7 Å². The van der Waals surface area contributed by atoms with E-state index in [0.29, 0.717) is 30.2 Å². The SMILES string of the molecule is COc1cc(/C=C/C(=O)O[C@@H](C)C(=O)N2CCc3ccccc3C2)ccc1OCC#N. The van der Waals surface area contributed by atoms with E-state index >= 15 is 0 Å². The zero-order valence-corrected chi connectivity index (χ0v) is 17.5. The van der Waals surface area contributed by atoms with Crippen molar-refractivity contribution in [3.63, 3.8) is 0 Å². The Hall–Kier alpha value is -3.79. The molecule has 0 saturated heterocycles. The molecule has 1 heterocycles. The van der Waals surface area contributed by atoms with Gasteiger partial charge >= 0.3 is 5.97 Å². The van der Waals surface area contributed by atoms with Crippen molar-refractivity contribution in [2.24, 2.45) is 0 Å². The lowest BCUT2D eigenvalue weighted by Gasteiger charge is -2.30. The fourth-order valence-corrected chi connectivity index (χ4v) is 3.39. The number of ether oxygens (including phenoxy) is 3. The van der Waals surface area contributed by atoms with Crippen molar-refractivity contribution in [3.05, 3.63) is 65.2 Å². The van der Waals surface area contributed by atoms with E-state index in [4.69, 9.17) is 19.5 Å². The highest BCUT2D eigenvalue weighted by molar-refractivity contribution is 5.90. The summed E-state index contributed by atoms with van der Waals surface area (Å²) in [6.07, 6.45) is 2.74. The average molecular weight is 420 g/mol. The standard InChI is InChI=1S/C24H24N2O5/c1-17(24(28)26-13-11-19-5-3-4-6-20(19)16-26)31-23(27)10-8-18-7-9-21(30-14-12-25)22(15-18)29-2/h3-10,15,17H,11,13-14,16H2,1-2H3/b10-8+/t17-/m0/s1. The molecule has 0 radical (unpaired) electrons. The maximum atomic E-state index is 12.7. The van der Waals surface area contributed by atoms with Crippen LogP contribution in [0.2, 0.25) is 0 Å². The second-order valence-corrected chi connectivity index (χ2v) is 7.05. The molecule has 2 aromatic rings. The van der Waals surface area contributed by atoms with Crippen molar-refractivity contribution >= 4 is 18.0 Å². The first-order valence-electron chi connectivity index (χ1n) is 9.94. The van der Waals surface area contributed by atoms with Gasteiger partial charge < -0.3 is 19.1 Å². The minimum Gasteiger partial charge on any atom is -0.493 e. The molecule has 1 amide bonds. The molecule has 0 unspecified atom stereocenters. The van der Waals surface area contributed by atoms with Gasteiger partial charge in [-0.3, -0.25) is 4.79 Å². The summed E-state index contributed by atoms with van der Waals surface area (Å²) in [4.78, 5) is 26.6. The van der Waals surface area contributed by atoms with Gasteiger partial charge in [0, 0.05) is 19.2 Å². The molecule has 0 aromatic heterocycles. The first kappa shape index (κ1) is 21.9. The van der Waals surface area contributed by atoms with Crippen LogP contribution >= 0.6 is 0 Å². The smallest absolute Gasteiger partial charge is 0.331 e. The van der Waals surface area contributed by atoms with Crippen molar-refractivity contribution in [1.82, 2.24) is 4.90 Å². The lowest BCUT2D eigenvalue weighted by Crippen LogP contribution is -2.42. The maximum absolute atomic E-state index is 12.7. The molecule has 1 aliphatic heterocycles. The summed E-state index contributed by atoms with van der Waals surface area (Å²) in [5.74, 6) is 0.0599. The molecule has 0 saturated carbocycles. The lowest BCUT2D eigenvalue weighted by atomic mass is 9.99. The third-order valence-electron chi connectivity index (χ3n) is 4.97. The molecule has 2 aromatic carbocycles. The Bertz CT molecular complexity index is 1020. The van der Waals surface area contributed by atoms with Gasteiger partial charge in [-0.2, -0.15) is 5.26 Å². The highest BCUT2D eigenvalue weighted by atomic mass is 16.5. The molecular weight excluding hydrogens is 396 g/mol. The summed E-state index contributed by atoms with van der Waals surface area (Å²) >= 11 is 0. The van der Waals surface area contributed by atoms with Crippen LogP contribution in [-0.2, 0) is 27.3 Å². The van der Waals surface area contributed by atoms with Crippen LogP contribution in [-0.4, -0.2) is 43.1 Å². The molecule has 0 spiro atoms. The zero-order chi connectivity index (χ0) is 22.2. The van der Waals surface area contributed by atoms with Crippen LogP contribution in [0.25, 0.3) is 6.08 Å². The van der Waals surface area contributed by atoms with Crippen LogP contribution in [0.3, 0.4) is 0 Å². The number of nitriles is 1. The topological polar surface area (TPSA) is 88.9 Å². The van der Waals surface area contributed by atoms with E-state index in [-0.39, 0.29) is 12.5 Å². The summed E-state index contributed by atoms with van der Waals surface area (Å²) in [5, 5.41) is 8.62. The summed E-state index contributed by atoms with van der Waals surface area (Å²) in [5.41, 5.74) is 3.06. The number of amides is 1. The third kappa shape index (κ3) is 5.64. The summed E-state index contributed by atoms with van der Waals surface area (Å²) in [6, 6.07) is 15.0. The highest BCUT2D eigenvalue weighted by Crippen LogP contribution is 2.28. The van der Waals surface area contributed by atoms with Crippen LogP contribution in [0, 0.1) is 11.3 Å². The number of fused-ring (bicyclic) bond motifs is 1. The van der Waals surface area contributed by atoms with Crippen LogP contribution in [0.4, 0.5) is 0 Å². The van der Waals surface area contributed by atoms with Gasteiger partial charge in [-0.1, -0.05) is 30.3 Å². The van der Waals surface area contributed by atoms with Crippen molar-refractivity contribution in [1.29, 1.82) is 5.26 Å². The molecule has 1 aliphatic rings. The number of hydrogen-bond donors (Lipinski definition) is 0. The number of carbonyl (C=O) groups excluding carboxylic acids is 2. The second-order valence-electron chi connectivity index (χ2n) is 7.05. The Labute approximate surface area is 181 Å². The summed E-state index contributed by atoms with van der Waals surface area (Å²) in [7, 11) is 1.49. The molecule has 0 aliphatic carbocycles. The quantitative estimate of drug-likeness (QED) is 0.505. The monoisotopic (exact) mass is 420 g/mol. The molecule has 160 valence electrons. The van der Waals surface area contributed by atoms with Crippen molar-refractivity contribution in [3.8, 4) is 17.6 Å². The molecule has 3 rings (SSSR count). The van der Waals surface area contributed by atoms with Gasteiger partial charge in [0.05, 0.1) is 7.11 Å². The Balaban J connectivity index is 1.57. The largest absolute Gasteiger partial charge is 0.493 e. The Morgan fingerprint density at radius 1 is 1.19 bits per heavy atom. The zero-order valence-electron chi connectivity index (χ0n) is 17.5. The van der Waals surface area contributed by atoms with Crippen LogP contribution in [0.15, 0.2) is 48.5 Å². The fourth-order valence-electron chi connectivity index (χ4n) is 3.39. The fraction of sp³-hybridized carbons (Fsp3) is 0.292. The van der Waals surface area contributed by atoms with Crippen LogP contribution < -0.4 is 9.47 Å². The Morgan fingerprint density at radius 2 is 1.97 bits per heavy atom. The normalized spacial score (nSPS) is 13.8. The van der Waals surface area contributed by atoms with E-state index in [9.17, 15) is 9.59 Å². The van der Waals surface area contributed by atoms with Gasteiger partial charge in [-0.25, -0.2) is 4.79 Å². The van der Waals surface area contributed by atoms with Crippen LogP contribution in [0.1, 0.15) is 23.6 Å². The van der Waals surface area contributed by atoms with Gasteiger partial charge in [-0.15, -0.1) is 0 Å². The highest BCUT2D eigenvalue weighted by Gasteiger charge is 2.26. The van der Waals surface area contributed by atoms with E-state index in [2.05, 4.69) is 6.07 Å². The molecule has 0 N–H and O–H groups in total. The first-order chi connectivity index (χ1) is 15.0. The van der Waals surface area contributed by atoms with Crippen molar-refractivity contribution in [2.75, 3.05) is 20.3 Å². The van der Waals surface area contributed by atoms with Gasteiger partial charge in [0.2, 0.25) is 0 Å². The number of carbonyl (C=O) groups is 2. The van der Waals surface area contributed by atoms with Gasteiger partial charge in [0.25, 0.3) is 5.91 Å². The van der Waals surface area contributed by atoms with E-state index in [0.717, 1.165) is 12.0 Å². The summed E-state index contributed by atoms with van der Waals surface area (Å²) < 4.78 is 15.8.